The Morgan fingerprint density at radius 3 is 2.33 bits per heavy atom. The maximum Gasteiger partial charge on any atom is 0.348 e. The van der Waals surface area contributed by atoms with E-state index in [0.717, 1.165) is 35.9 Å². The van der Waals surface area contributed by atoms with Crippen LogP contribution in [-0.4, -0.2) is 32.1 Å². The number of carboxylic acid groups (broad SMARTS) is 1. The van der Waals surface area contributed by atoms with Crippen LogP contribution in [0.5, 0.6) is 5.75 Å². The van der Waals surface area contributed by atoms with Gasteiger partial charge in [-0.15, -0.1) is 0 Å². The zero-order chi connectivity index (χ0) is 28.1. The number of hydrogen-bond acceptors (Lipinski definition) is 4. The van der Waals surface area contributed by atoms with E-state index in [4.69, 9.17) is 21.3 Å². The molecule has 2 aliphatic rings. The first-order valence-electron chi connectivity index (χ1n) is 13.5. The first-order valence-corrected chi connectivity index (χ1v) is 13.9. The number of imidazole rings is 1. The van der Waals surface area contributed by atoms with Crippen molar-refractivity contribution in [3.8, 4) is 17.1 Å². The lowest BCUT2D eigenvalue weighted by Crippen LogP contribution is -2.55. The second-order valence-corrected chi connectivity index (χ2v) is 11.1. The van der Waals surface area contributed by atoms with Gasteiger partial charge in [0, 0.05) is 36.4 Å². The zero-order valence-corrected chi connectivity index (χ0v) is 22.8. The van der Waals surface area contributed by atoms with Gasteiger partial charge in [-0.2, -0.15) is 0 Å². The van der Waals surface area contributed by atoms with Crippen LogP contribution in [0.1, 0.15) is 51.9 Å². The highest BCUT2D eigenvalue weighted by molar-refractivity contribution is 6.30. The van der Waals surface area contributed by atoms with Crippen LogP contribution in [0.3, 0.4) is 0 Å². The van der Waals surface area contributed by atoms with Crippen molar-refractivity contribution in [1.82, 2.24) is 9.55 Å². The van der Waals surface area contributed by atoms with Crippen molar-refractivity contribution < 1.29 is 23.8 Å². The number of aromatic nitrogens is 2. The Labute approximate surface area is 236 Å². The van der Waals surface area contributed by atoms with Crippen molar-refractivity contribution in [1.29, 1.82) is 0 Å². The third-order valence-corrected chi connectivity index (χ3v) is 8.28. The van der Waals surface area contributed by atoms with Crippen LogP contribution in [0.4, 0.5) is 10.1 Å². The average molecular weight is 562 g/mol. The van der Waals surface area contributed by atoms with E-state index in [1.54, 1.807) is 23.1 Å². The molecule has 40 heavy (non-hydrogen) atoms. The van der Waals surface area contributed by atoms with Gasteiger partial charge >= 0.3 is 5.97 Å². The van der Waals surface area contributed by atoms with E-state index in [1.165, 1.54) is 19.1 Å². The number of carbonyl (C=O) groups is 2. The summed E-state index contributed by atoms with van der Waals surface area (Å²) < 4.78 is 23.7. The van der Waals surface area contributed by atoms with Crippen molar-refractivity contribution in [3.63, 3.8) is 0 Å². The minimum atomic E-state index is -1.30. The van der Waals surface area contributed by atoms with Gasteiger partial charge in [-0.1, -0.05) is 30.2 Å². The van der Waals surface area contributed by atoms with Gasteiger partial charge in [0.15, 0.2) is 5.82 Å². The first-order chi connectivity index (χ1) is 19.2. The molecule has 1 aromatic heterocycles. The van der Waals surface area contributed by atoms with E-state index in [1.807, 2.05) is 36.4 Å². The van der Waals surface area contributed by atoms with E-state index < -0.39 is 23.1 Å². The summed E-state index contributed by atoms with van der Waals surface area (Å²) in [6.45, 7) is 1.45. The molecular weight excluding hydrogens is 533 g/mol. The normalized spacial score (nSPS) is 17.4. The lowest BCUT2D eigenvalue weighted by atomic mass is 9.85. The monoisotopic (exact) mass is 561 g/mol. The summed E-state index contributed by atoms with van der Waals surface area (Å²) >= 11 is 6.19. The van der Waals surface area contributed by atoms with Crippen LogP contribution in [0, 0.1) is 5.82 Å². The molecule has 0 spiro atoms. The van der Waals surface area contributed by atoms with Gasteiger partial charge in [-0.25, -0.2) is 14.2 Å². The molecule has 0 saturated heterocycles. The molecule has 206 valence electrons. The number of para-hydroxylation sites is 2. The Bertz CT molecular complexity index is 1610. The highest BCUT2D eigenvalue weighted by Crippen LogP contribution is 2.47. The predicted octanol–water partition coefficient (Wildman–Crippen LogP) is 7.16. The predicted molar refractivity (Wildman–Crippen MR) is 151 cm³/mol. The van der Waals surface area contributed by atoms with E-state index in [-0.39, 0.29) is 17.3 Å². The smallest absolute Gasteiger partial charge is 0.348 e. The third kappa shape index (κ3) is 4.40. The maximum atomic E-state index is 15.9. The minimum absolute atomic E-state index is 0.113. The number of rotatable bonds is 7. The van der Waals surface area contributed by atoms with Gasteiger partial charge < -0.3 is 9.84 Å². The Morgan fingerprint density at radius 2 is 1.70 bits per heavy atom. The number of nitrogens with zero attached hydrogens (tertiary/aromatic N) is 3. The molecule has 1 N–H and O–H groups in total. The van der Waals surface area contributed by atoms with E-state index >= 15 is 4.39 Å². The van der Waals surface area contributed by atoms with Gasteiger partial charge in [0.2, 0.25) is 11.5 Å². The summed E-state index contributed by atoms with van der Waals surface area (Å²) in [6.07, 6.45) is 4.65. The zero-order valence-electron chi connectivity index (χ0n) is 22.1. The van der Waals surface area contributed by atoms with Crippen molar-refractivity contribution >= 4 is 40.2 Å². The largest absolute Gasteiger partial charge is 0.478 e. The number of ether oxygens (including phenoxy) is 1. The number of amides is 1. The summed E-state index contributed by atoms with van der Waals surface area (Å²) in [7, 11) is 0. The van der Waals surface area contributed by atoms with Crippen molar-refractivity contribution in [3.05, 3.63) is 77.6 Å². The number of anilines is 1. The molecular formula is C31H29ClFN3O4. The van der Waals surface area contributed by atoms with Gasteiger partial charge in [0.25, 0.3) is 0 Å². The average Bonchev–Trinajstić information content (AvgIpc) is 3.62. The van der Waals surface area contributed by atoms with Crippen LogP contribution in [0.2, 0.25) is 5.02 Å². The highest BCUT2D eigenvalue weighted by Gasteiger charge is 2.53. The molecule has 2 aliphatic carbocycles. The number of carbonyl (C=O) groups excluding carboxylic acids is 1. The fourth-order valence-electron chi connectivity index (χ4n) is 6.02. The van der Waals surface area contributed by atoms with Gasteiger partial charge in [-0.3, -0.25) is 14.3 Å². The highest BCUT2D eigenvalue weighted by atomic mass is 35.5. The molecule has 0 radical (unpaired) electrons. The van der Waals surface area contributed by atoms with Crippen molar-refractivity contribution in [2.45, 2.75) is 63.1 Å². The maximum absolute atomic E-state index is 15.9. The van der Waals surface area contributed by atoms with E-state index in [2.05, 4.69) is 4.57 Å². The second kappa shape index (κ2) is 9.93. The number of hydrogen-bond donors (Lipinski definition) is 1. The molecule has 4 aromatic rings. The van der Waals surface area contributed by atoms with E-state index in [0.29, 0.717) is 36.5 Å². The first kappa shape index (κ1) is 26.3. The van der Waals surface area contributed by atoms with Crippen LogP contribution in [-0.2, 0) is 15.3 Å². The minimum Gasteiger partial charge on any atom is -0.478 e. The number of aliphatic carboxylic acids is 1. The number of halogens is 2. The number of carboxylic acids is 1. The summed E-state index contributed by atoms with van der Waals surface area (Å²) in [6, 6.07) is 19.4. The fourth-order valence-corrected chi connectivity index (χ4v) is 6.15. The molecule has 9 heteroatoms. The SMILES string of the molecule is CC(=O)N(c1ccc(OC2(C(=O)O)CC2)cc1F)C1(n2c(-c3ccc(Cl)cc3)nc3ccccc32)CCCCC1. The van der Waals surface area contributed by atoms with E-state index in [9.17, 15) is 14.7 Å². The molecule has 7 nitrogen and oxygen atoms in total. The molecule has 0 unspecified atom stereocenters. The third-order valence-electron chi connectivity index (χ3n) is 8.03. The van der Waals surface area contributed by atoms with Crippen molar-refractivity contribution in [2.24, 2.45) is 0 Å². The molecule has 2 fully saturated rings. The molecule has 0 aliphatic heterocycles. The van der Waals surface area contributed by atoms with Crippen LogP contribution in [0.25, 0.3) is 22.4 Å². The van der Waals surface area contributed by atoms with Crippen molar-refractivity contribution in [2.75, 3.05) is 4.90 Å². The quantitative estimate of drug-likeness (QED) is 0.259. The lowest BCUT2D eigenvalue weighted by molar-refractivity contribution is -0.147. The van der Waals surface area contributed by atoms with Gasteiger partial charge in [0.1, 0.15) is 17.2 Å². The Morgan fingerprint density at radius 1 is 1.00 bits per heavy atom. The molecule has 3 aromatic carbocycles. The molecule has 0 atom stereocenters. The second-order valence-electron chi connectivity index (χ2n) is 10.7. The number of benzene rings is 3. The molecule has 1 heterocycles. The topological polar surface area (TPSA) is 84.7 Å². The molecule has 0 bridgehead atoms. The molecule has 1 amide bonds. The standard InChI is InChI=1S/C31H29ClFN3O4/c1-20(37)35(26-14-13-23(19-24(26)33)40-30(17-18-30)29(38)39)31(15-5-2-6-16-31)36-27-8-4-3-7-25(27)34-28(36)21-9-11-22(32)12-10-21/h3-4,7-14,19H,2,5-6,15-18H2,1H3,(H,38,39). The molecule has 2 saturated carbocycles. The summed E-state index contributed by atoms with van der Waals surface area (Å²) in [5, 5.41) is 10.1. The number of fused-ring (bicyclic) bond motifs is 1. The Hall–Kier alpha value is -3.91. The lowest BCUT2D eigenvalue weighted by Gasteiger charge is -2.48. The summed E-state index contributed by atoms with van der Waals surface area (Å²) in [5.41, 5.74) is 0.328. The van der Waals surface area contributed by atoms with Gasteiger partial charge in [0.05, 0.1) is 16.7 Å². The van der Waals surface area contributed by atoms with Crippen LogP contribution < -0.4 is 9.64 Å². The van der Waals surface area contributed by atoms with Crippen LogP contribution in [0.15, 0.2) is 66.7 Å². The van der Waals surface area contributed by atoms with Crippen LogP contribution >= 0.6 is 11.6 Å². The van der Waals surface area contributed by atoms with Gasteiger partial charge in [-0.05, 0) is 74.2 Å². The summed E-state index contributed by atoms with van der Waals surface area (Å²) in [4.78, 5) is 31.7. The Balaban J connectivity index is 1.53. The molecule has 6 rings (SSSR count). The Kier molecular flexibility index (Phi) is 6.53. The fraction of sp³-hybridized carbons (Fsp3) is 0.323. The summed E-state index contributed by atoms with van der Waals surface area (Å²) in [5.74, 6) is -1.24.